The van der Waals surface area contributed by atoms with E-state index >= 15 is 0 Å². The molecule has 0 saturated heterocycles. The second-order valence-corrected chi connectivity index (χ2v) is 9.96. The number of amides is 1. The zero-order valence-electron chi connectivity index (χ0n) is 18.9. The van der Waals surface area contributed by atoms with Crippen molar-refractivity contribution in [3.63, 3.8) is 0 Å². The first kappa shape index (κ1) is 21.0. The lowest BCUT2D eigenvalue weighted by atomic mass is 9.72. The summed E-state index contributed by atoms with van der Waals surface area (Å²) in [7, 11) is 0. The predicted molar refractivity (Wildman–Crippen MR) is 131 cm³/mol. The van der Waals surface area contributed by atoms with Gasteiger partial charge in [0, 0.05) is 23.6 Å². The maximum absolute atomic E-state index is 13.5. The number of benzene rings is 1. The van der Waals surface area contributed by atoms with E-state index < -0.39 is 5.41 Å². The predicted octanol–water partition coefficient (Wildman–Crippen LogP) is 4.27. The van der Waals surface area contributed by atoms with Gasteiger partial charge in [-0.3, -0.25) is 4.79 Å². The number of halogens is 1. The van der Waals surface area contributed by atoms with Crippen molar-refractivity contribution in [1.29, 1.82) is 0 Å². The molecule has 6 rings (SSSR count). The molecule has 0 bridgehead atoms. The van der Waals surface area contributed by atoms with Crippen molar-refractivity contribution in [2.24, 2.45) is 11.8 Å². The van der Waals surface area contributed by atoms with Gasteiger partial charge in [0.15, 0.2) is 11.5 Å². The van der Waals surface area contributed by atoms with Crippen LogP contribution in [0.1, 0.15) is 43.5 Å². The van der Waals surface area contributed by atoms with Crippen LogP contribution in [0, 0.1) is 11.8 Å². The van der Waals surface area contributed by atoms with E-state index in [0.717, 1.165) is 36.2 Å². The van der Waals surface area contributed by atoms with Crippen LogP contribution >= 0.6 is 11.6 Å². The molecule has 4 aromatic rings. The summed E-state index contributed by atoms with van der Waals surface area (Å²) < 4.78 is 1.92. The molecule has 3 N–H and O–H groups in total. The van der Waals surface area contributed by atoms with E-state index in [1.165, 1.54) is 0 Å². The van der Waals surface area contributed by atoms with Crippen LogP contribution in [0.4, 0.5) is 11.6 Å². The number of aromatic nitrogens is 5. The summed E-state index contributed by atoms with van der Waals surface area (Å²) in [6.07, 6.45) is 8.12. The molecule has 1 aliphatic carbocycles. The smallest absolute Gasteiger partial charge is 0.241 e. The highest BCUT2D eigenvalue weighted by atomic mass is 35.5. The van der Waals surface area contributed by atoms with E-state index in [-0.39, 0.29) is 17.6 Å². The van der Waals surface area contributed by atoms with Crippen molar-refractivity contribution in [3.05, 3.63) is 64.7 Å². The lowest BCUT2D eigenvalue weighted by Crippen LogP contribution is -2.38. The average Bonchev–Trinajstić information content (AvgIpc) is 3.44. The van der Waals surface area contributed by atoms with Gasteiger partial charge in [-0.25, -0.2) is 19.9 Å². The molecule has 0 spiro atoms. The van der Waals surface area contributed by atoms with Gasteiger partial charge in [-0.15, -0.1) is 0 Å². The second-order valence-electron chi connectivity index (χ2n) is 9.53. The van der Waals surface area contributed by atoms with E-state index in [2.05, 4.69) is 29.1 Å². The Bertz CT molecular complexity index is 1440. The van der Waals surface area contributed by atoms with Gasteiger partial charge in [0.05, 0.1) is 11.3 Å². The Kier molecular flexibility index (Phi) is 4.64. The third-order valence-corrected chi connectivity index (χ3v) is 6.94. The number of nitrogen functional groups attached to an aromatic ring is 1. The number of fused-ring (bicyclic) bond motifs is 2. The van der Waals surface area contributed by atoms with Crippen molar-refractivity contribution < 1.29 is 4.79 Å². The molecular formula is C25H24ClN7O. The Labute approximate surface area is 201 Å². The van der Waals surface area contributed by atoms with Crippen molar-refractivity contribution in [2.45, 2.75) is 38.5 Å². The Hall–Kier alpha value is -3.52. The van der Waals surface area contributed by atoms with Crippen molar-refractivity contribution in [2.75, 3.05) is 11.1 Å². The molecule has 0 radical (unpaired) electrons. The molecule has 1 amide bonds. The normalized spacial score (nSPS) is 19.6. The number of hydrogen-bond donors (Lipinski definition) is 2. The van der Waals surface area contributed by atoms with E-state index in [0.29, 0.717) is 33.8 Å². The number of rotatable bonds is 5. The maximum Gasteiger partial charge on any atom is 0.241 e. The van der Waals surface area contributed by atoms with Crippen molar-refractivity contribution in [1.82, 2.24) is 24.3 Å². The summed E-state index contributed by atoms with van der Waals surface area (Å²) in [5.74, 6) is 1.55. The van der Waals surface area contributed by atoms with E-state index in [4.69, 9.17) is 27.3 Å². The molecule has 8 nitrogen and oxygen atoms in total. The summed E-state index contributed by atoms with van der Waals surface area (Å²) in [6.45, 7) is 4.28. The summed E-state index contributed by atoms with van der Waals surface area (Å²) in [4.78, 5) is 32.2. The zero-order chi connectivity index (χ0) is 23.6. The molecule has 1 aliphatic heterocycles. The summed E-state index contributed by atoms with van der Waals surface area (Å²) >= 11 is 6.13. The van der Waals surface area contributed by atoms with Gasteiger partial charge >= 0.3 is 0 Å². The molecule has 1 unspecified atom stereocenters. The SMILES string of the molecule is CC(C)Cc1nc(-c2nc(N)c3c(n2)NC(=O)C3(c2ccc(Cl)cc2)C2CC2)cn2ccnc12. The third kappa shape index (κ3) is 3.09. The standard InChI is InChI=1S/C25H24ClN7O/c1-13(2)11-17-23-28-9-10-33(23)12-18(29-17)21-30-20(27)19-22(31-21)32-24(34)25(19,14-3-4-14)15-5-7-16(26)8-6-15/h5-10,12-14H,3-4,11H2,1-2H3,(H3,27,30,31,32,34). The van der Waals surface area contributed by atoms with Gasteiger partial charge in [0.25, 0.3) is 0 Å². The second kappa shape index (κ2) is 7.50. The first-order valence-electron chi connectivity index (χ1n) is 11.5. The number of carbonyl (C=O) groups is 1. The number of nitrogens with one attached hydrogen (secondary N) is 1. The minimum atomic E-state index is -0.910. The van der Waals surface area contributed by atoms with Crippen LogP contribution in [0.2, 0.25) is 5.02 Å². The lowest BCUT2D eigenvalue weighted by molar-refractivity contribution is -0.120. The number of hydrogen-bond acceptors (Lipinski definition) is 6. The Balaban J connectivity index is 1.52. The number of imidazole rings is 1. The molecule has 1 fully saturated rings. The molecule has 4 heterocycles. The fourth-order valence-electron chi connectivity index (χ4n) is 5.15. The monoisotopic (exact) mass is 473 g/mol. The van der Waals surface area contributed by atoms with Gasteiger partial charge in [0.1, 0.15) is 22.7 Å². The molecule has 172 valence electrons. The quantitative estimate of drug-likeness (QED) is 0.447. The highest BCUT2D eigenvalue weighted by Crippen LogP contribution is 2.57. The molecule has 1 aromatic carbocycles. The minimum Gasteiger partial charge on any atom is -0.383 e. The van der Waals surface area contributed by atoms with Crippen molar-refractivity contribution in [3.8, 4) is 11.5 Å². The molecular weight excluding hydrogens is 450 g/mol. The van der Waals surface area contributed by atoms with Crippen LogP contribution in [0.25, 0.3) is 17.2 Å². The number of nitrogens with two attached hydrogens (primary N) is 1. The van der Waals surface area contributed by atoms with E-state index in [1.807, 2.05) is 28.9 Å². The van der Waals surface area contributed by atoms with Gasteiger partial charge < -0.3 is 15.5 Å². The Morgan fingerprint density at radius 3 is 2.68 bits per heavy atom. The van der Waals surface area contributed by atoms with Crippen LogP contribution in [0.3, 0.4) is 0 Å². The topological polar surface area (TPSA) is 111 Å². The molecule has 1 atom stereocenters. The van der Waals surface area contributed by atoms with Crippen LogP contribution in [0.15, 0.2) is 42.9 Å². The number of carbonyl (C=O) groups excluding carboxylic acids is 1. The van der Waals surface area contributed by atoms with Crippen LogP contribution in [-0.2, 0) is 16.6 Å². The molecule has 2 aliphatic rings. The molecule has 1 saturated carbocycles. The van der Waals surface area contributed by atoms with E-state index in [1.54, 1.807) is 18.3 Å². The first-order valence-corrected chi connectivity index (χ1v) is 11.8. The van der Waals surface area contributed by atoms with Gasteiger partial charge in [-0.1, -0.05) is 37.6 Å². The lowest BCUT2D eigenvalue weighted by Gasteiger charge is -2.28. The van der Waals surface area contributed by atoms with Gasteiger partial charge in [-0.2, -0.15) is 0 Å². The average molecular weight is 474 g/mol. The molecule has 9 heteroatoms. The summed E-state index contributed by atoms with van der Waals surface area (Å²) in [5, 5.41) is 3.62. The Morgan fingerprint density at radius 1 is 1.21 bits per heavy atom. The highest BCUT2D eigenvalue weighted by Gasteiger charge is 2.59. The fourth-order valence-corrected chi connectivity index (χ4v) is 5.28. The number of anilines is 2. The van der Waals surface area contributed by atoms with Crippen LogP contribution in [0.5, 0.6) is 0 Å². The number of nitrogens with zero attached hydrogens (tertiary/aromatic N) is 5. The maximum atomic E-state index is 13.5. The van der Waals surface area contributed by atoms with Crippen LogP contribution in [-0.4, -0.2) is 30.2 Å². The Morgan fingerprint density at radius 2 is 1.97 bits per heavy atom. The van der Waals surface area contributed by atoms with Gasteiger partial charge in [0.2, 0.25) is 5.91 Å². The minimum absolute atomic E-state index is 0.121. The first-order chi connectivity index (χ1) is 16.4. The van der Waals surface area contributed by atoms with Crippen LogP contribution < -0.4 is 11.1 Å². The van der Waals surface area contributed by atoms with Crippen molar-refractivity contribution >= 4 is 34.8 Å². The molecule has 34 heavy (non-hydrogen) atoms. The van der Waals surface area contributed by atoms with E-state index in [9.17, 15) is 4.79 Å². The molecule has 3 aromatic heterocycles. The third-order valence-electron chi connectivity index (χ3n) is 6.68. The summed E-state index contributed by atoms with van der Waals surface area (Å²) in [6, 6.07) is 7.40. The highest BCUT2D eigenvalue weighted by molar-refractivity contribution is 6.30. The fraction of sp³-hybridized carbons (Fsp3) is 0.320. The van der Waals surface area contributed by atoms with Gasteiger partial charge in [-0.05, 0) is 48.8 Å². The largest absolute Gasteiger partial charge is 0.383 e. The summed E-state index contributed by atoms with van der Waals surface area (Å²) in [5.41, 5.74) is 9.45. The zero-order valence-corrected chi connectivity index (χ0v) is 19.7.